The van der Waals surface area contributed by atoms with Crippen LogP contribution in [0.2, 0.25) is 0 Å². The summed E-state index contributed by atoms with van der Waals surface area (Å²) in [6.45, 7) is 2.66. The number of benzene rings is 1. The Balaban J connectivity index is 1.69. The van der Waals surface area contributed by atoms with Gasteiger partial charge in [0.2, 0.25) is 0 Å². The predicted molar refractivity (Wildman–Crippen MR) is 78.1 cm³/mol. The van der Waals surface area contributed by atoms with Gasteiger partial charge in [0.05, 0.1) is 36.6 Å². The van der Waals surface area contributed by atoms with Crippen LogP contribution < -0.4 is 5.32 Å². The van der Waals surface area contributed by atoms with Gasteiger partial charge in [0, 0.05) is 11.3 Å². The number of hydrogen-bond donors (Lipinski definition) is 2. The van der Waals surface area contributed by atoms with E-state index in [-0.39, 0.29) is 0 Å². The fourth-order valence-electron chi connectivity index (χ4n) is 1.91. The van der Waals surface area contributed by atoms with Crippen molar-refractivity contribution < 1.29 is 0 Å². The maximum absolute atomic E-state index is 4.37. The van der Waals surface area contributed by atoms with Gasteiger partial charge in [-0.05, 0) is 6.92 Å². The third kappa shape index (κ3) is 2.66. The molecule has 0 aliphatic carbocycles. The van der Waals surface area contributed by atoms with Crippen LogP contribution in [-0.2, 0) is 6.54 Å². The molecule has 3 rings (SSSR count). The number of imidazole rings is 1. The Hall–Kier alpha value is -2.69. The van der Waals surface area contributed by atoms with E-state index in [2.05, 4.69) is 25.3 Å². The maximum atomic E-state index is 4.37. The number of hydrogen-bond acceptors (Lipinski definition) is 4. The number of nitrogens with one attached hydrogen (secondary N) is 2. The molecule has 5 heteroatoms. The summed E-state index contributed by atoms with van der Waals surface area (Å²) in [6.07, 6.45) is 5.27. The predicted octanol–water partition coefficient (Wildman–Crippen LogP) is 2.79. The quantitative estimate of drug-likeness (QED) is 0.761. The van der Waals surface area contributed by atoms with Gasteiger partial charge in [0.15, 0.2) is 5.82 Å². The van der Waals surface area contributed by atoms with E-state index in [9.17, 15) is 0 Å². The number of anilines is 1. The number of aromatic amines is 1. The molecule has 0 atom stereocenters. The van der Waals surface area contributed by atoms with E-state index in [1.54, 1.807) is 18.7 Å². The molecule has 0 aliphatic rings. The minimum atomic E-state index is 0.656. The van der Waals surface area contributed by atoms with Crippen LogP contribution in [0, 0.1) is 6.92 Å². The summed E-state index contributed by atoms with van der Waals surface area (Å²) in [5.41, 5.74) is 3.96. The van der Waals surface area contributed by atoms with Crippen molar-refractivity contribution in [3.05, 3.63) is 60.4 Å². The molecule has 0 fully saturated rings. The first-order valence-electron chi connectivity index (χ1n) is 6.43. The molecule has 0 spiro atoms. The molecule has 0 bridgehead atoms. The van der Waals surface area contributed by atoms with Crippen molar-refractivity contribution in [1.29, 1.82) is 0 Å². The highest BCUT2D eigenvalue weighted by Crippen LogP contribution is 2.15. The van der Waals surface area contributed by atoms with Crippen molar-refractivity contribution >= 4 is 5.69 Å². The molecule has 2 N–H and O–H groups in total. The number of aromatic nitrogens is 4. The van der Waals surface area contributed by atoms with E-state index in [1.807, 2.05) is 37.3 Å². The summed E-state index contributed by atoms with van der Waals surface area (Å²) in [5.74, 6) is 0.729. The van der Waals surface area contributed by atoms with E-state index < -0.39 is 0 Å². The Morgan fingerprint density at radius 2 is 1.80 bits per heavy atom. The summed E-state index contributed by atoms with van der Waals surface area (Å²) in [5, 5.41) is 3.26. The molecule has 1 aromatic carbocycles. The lowest BCUT2D eigenvalue weighted by atomic mass is 10.2. The van der Waals surface area contributed by atoms with Gasteiger partial charge in [-0.2, -0.15) is 0 Å². The van der Waals surface area contributed by atoms with Gasteiger partial charge in [0.1, 0.15) is 0 Å². The summed E-state index contributed by atoms with van der Waals surface area (Å²) >= 11 is 0. The van der Waals surface area contributed by atoms with Crippen LogP contribution in [0.1, 0.15) is 11.4 Å². The molecular formula is C15H15N5. The van der Waals surface area contributed by atoms with Crippen LogP contribution in [-0.4, -0.2) is 19.9 Å². The normalized spacial score (nSPS) is 10.4. The van der Waals surface area contributed by atoms with Gasteiger partial charge in [-0.15, -0.1) is 0 Å². The molecule has 0 saturated heterocycles. The van der Waals surface area contributed by atoms with Gasteiger partial charge < -0.3 is 10.3 Å². The van der Waals surface area contributed by atoms with Gasteiger partial charge in [-0.1, -0.05) is 30.3 Å². The smallest absolute Gasteiger partial charge is 0.159 e. The monoisotopic (exact) mass is 265 g/mol. The third-order valence-electron chi connectivity index (χ3n) is 3.08. The van der Waals surface area contributed by atoms with Crippen molar-refractivity contribution in [3.8, 4) is 11.4 Å². The number of H-pyrrole nitrogens is 1. The first-order valence-corrected chi connectivity index (χ1v) is 6.43. The zero-order chi connectivity index (χ0) is 13.8. The molecule has 0 saturated carbocycles. The summed E-state index contributed by atoms with van der Waals surface area (Å²) in [6, 6.07) is 9.92. The molecule has 0 unspecified atom stereocenters. The van der Waals surface area contributed by atoms with Crippen molar-refractivity contribution in [2.75, 3.05) is 5.32 Å². The number of nitrogens with zero attached hydrogens (tertiary/aromatic N) is 3. The molecule has 0 aliphatic heterocycles. The largest absolute Gasteiger partial charge is 0.377 e. The minimum absolute atomic E-state index is 0.656. The Morgan fingerprint density at radius 3 is 2.45 bits per heavy atom. The van der Waals surface area contributed by atoms with Crippen LogP contribution >= 0.6 is 0 Å². The van der Waals surface area contributed by atoms with Crippen LogP contribution in [0.5, 0.6) is 0 Å². The summed E-state index contributed by atoms with van der Waals surface area (Å²) < 4.78 is 0. The number of rotatable bonds is 4. The van der Waals surface area contributed by atoms with Crippen LogP contribution in [0.15, 0.2) is 49.1 Å². The van der Waals surface area contributed by atoms with Gasteiger partial charge >= 0.3 is 0 Å². The molecule has 20 heavy (non-hydrogen) atoms. The molecule has 100 valence electrons. The van der Waals surface area contributed by atoms with E-state index in [1.165, 1.54) is 0 Å². The van der Waals surface area contributed by atoms with Gasteiger partial charge in [-0.3, -0.25) is 0 Å². The van der Waals surface area contributed by atoms with Crippen LogP contribution in [0.25, 0.3) is 11.4 Å². The zero-order valence-electron chi connectivity index (χ0n) is 11.2. The first-order chi connectivity index (χ1) is 9.83. The molecule has 2 heterocycles. The topological polar surface area (TPSA) is 66.5 Å². The first kappa shape index (κ1) is 12.3. The fraction of sp³-hybridized carbons (Fsp3) is 0.133. The Labute approximate surface area is 117 Å². The van der Waals surface area contributed by atoms with Gasteiger partial charge in [0.25, 0.3) is 0 Å². The minimum Gasteiger partial charge on any atom is -0.377 e. The summed E-state index contributed by atoms with van der Waals surface area (Å²) in [7, 11) is 0. The molecular weight excluding hydrogens is 250 g/mol. The van der Waals surface area contributed by atoms with E-state index in [4.69, 9.17) is 0 Å². The highest BCUT2D eigenvalue weighted by Gasteiger charge is 2.03. The van der Waals surface area contributed by atoms with E-state index in [0.717, 1.165) is 28.5 Å². The van der Waals surface area contributed by atoms with Gasteiger partial charge in [-0.25, -0.2) is 15.0 Å². The van der Waals surface area contributed by atoms with Crippen LogP contribution in [0.3, 0.4) is 0 Å². The highest BCUT2D eigenvalue weighted by molar-refractivity contribution is 5.55. The fourth-order valence-corrected chi connectivity index (χ4v) is 1.91. The zero-order valence-corrected chi connectivity index (χ0v) is 11.2. The second-order valence-electron chi connectivity index (χ2n) is 4.49. The lowest BCUT2D eigenvalue weighted by Crippen LogP contribution is -2.02. The Bertz CT molecular complexity index is 673. The lowest BCUT2D eigenvalue weighted by molar-refractivity contribution is 1.04. The van der Waals surface area contributed by atoms with Crippen LogP contribution in [0.4, 0.5) is 5.69 Å². The lowest BCUT2D eigenvalue weighted by Gasteiger charge is -2.05. The second-order valence-corrected chi connectivity index (χ2v) is 4.49. The molecule has 5 nitrogen and oxygen atoms in total. The maximum Gasteiger partial charge on any atom is 0.159 e. The SMILES string of the molecule is Cc1[nH]cnc1CNc1cnc(-c2ccccc2)nc1. The Kier molecular flexibility index (Phi) is 3.41. The highest BCUT2D eigenvalue weighted by atomic mass is 15.0. The standard InChI is InChI=1S/C15H15N5/c1-11-14(20-10-19-11)9-16-13-7-17-15(18-8-13)12-5-3-2-4-6-12/h2-8,10,16H,9H2,1H3,(H,19,20). The Morgan fingerprint density at radius 1 is 1.05 bits per heavy atom. The average molecular weight is 265 g/mol. The van der Waals surface area contributed by atoms with Crippen molar-refractivity contribution in [3.63, 3.8) is 0 Å². The third-order valence-corrected chi connectivity index (χ3v) is 3.08. The molecule has 0 amide bonds. The van der Waals surface area contributed by atoms with Crippen molar-refractivity contribution in [2.24, 2.45) is 0 Å². The second kappa shape index (κ2) is 5.52. The van der Waals surface area contributed by atoms with Crippen molar-refractivity contribution in [1.82, 2.24) is 19.9 Å². The van der Waals surface area contributed by atoms with E-state index in [0.29, 0.717) is 6.54 Å². The molecule has 0 radical (unpaired) electrons. The average Bonchev–Trinajstić information content (AvgIpc) is 2.92. The summed E-state index contributed by atoms with van der Waals surface area (Å²) in [4.78, 5) is 16.0. The van der Waals surface area contributed by atoms with E-state index >= 15 is 0 Å². The molecule has 2 aromatic heterocycles. The number of aryl methyl sites for hydroxylation is 1. The molecule has 3 aromatic rings. The van der Waals surface area contributed by atoms with Crippen molar-refractivity contribution in [2.45, 2.75) is 13.5 Å².